The first-order valence-electron chi connectivity index (χ1n) is 7.57. The van der Waals surface area contributed by atoms with Gasteiger partial charge in [-0.15, -0.1) is 0 Å². The highest BCUT2D eigenvalue weighted by atomic mass is 16.3. The van der Waals surface area contributed by atoms with Crippen molar-refractivity contribution in [3.05, 3.63) is 36.0 Å². The lowest BCUT2D eigenvalue weighted by Gasteiger charge is -2.09. The Morgan fingerprint density at radius 3 is 2.63 bits per heavy atom. The van der Waals surface area contributed by atoms with Crippen molar-refractivity contribution in [3.8, 4) is 0 Å². The van der Waals surface area contributed by atoms with E-state index in [0.717, 1.165) is 29.3 Å². The summed E-state index contributed by atoms with van der Waals surface area (Å²) in [7, 11) is 0. The maximum absolute atomic E-state index is 10.3. The molecule has 0 saturated heterocycles. The summed E-state index contributed by atoms with van der Waals surface area (Å²) in [5.74, 6) is 0. The SMILES string of the molecule is CCCCCCCCC(O)c1c[nH]c2ccccc12. The van der Waals surface area contributed by atoms with Gasteiger partial charge in [-0.25, -0.2) is 0 Å². The summed E-state index contributed by atoms with van der Waals surface area (Å²) in [4.78, 5) is 3.23. The molecule has 0 saturated carbocycles. The minimum Gasteiger partial charge on any atom is -0.388 e. The number of aromatic amines is 1. The van der Waals surface area contributed by atoms with E-state index in [4.69, 9.17) is 0 Å². The second-order valence-electron chi connectivity index (χ2n) is 5.36. The van der Waals surface area contributed by atoms with Crippen LogP contribution in [0, 0.1) is 0 Å². The van der Waals surface area contributed by atoms with Crippen molar-refractivity contribution in [2.45, 2.75) is 58.0 Å². The molecule has 2 nitrogen and oxygen atoms in total. The lowest BCUT2D eigenvalue weighted by Crippen LogP contribution is -1.96. The van der Waals surface area contributed by atoms with E-state index >= 15 is 0 Å². The van der Waals surface area contributed by atoms with E-state index in [0.29, 0.717) is 0 Å². The van der Waals surface area contributed by atoms with Crippen molar-refractivity contribution in [1.82, 2.24) is 4.98 Å². The molecule has 2 heteroatoms. The van der Waals surface area contributed by atoms with Gasteiger partial charge in [-0.3, -0.25) is 0 Å². The van der Waals surface area contributed by atoms with Crippen LogP contribution in [0.5, 0.6) is 0 Å². The first-order chi connectivity index (χ1) is 9.33. The number of benzene rings is 1. The van der Waals surface area contributed by atoms with Gasteiger partial charge in [0.15, 0.2) is 0 Å². The highest BCUT2D eigenvalue weighted by Gasteiger charge is 2.11. The number of hydrogen-bond acceptors (Lipinski definition) is 1. The number of aromatic nitrogens is 1. The molecule has 0 aliphatic heterocycles. The van der Waals surface area contributed by atoms with Crippen LogP contribution in [0.2, 0.25) is 0 Å². The Bertz CT molecular complexity index is 489. The van der Waals surface area contributed by atoms with E-state index in [1.165, 1.54) is 32.1 Å². The van der Waals surface area contributed by atoms with E-state index in [1.807, 2.05) is 18.3 Å². The molecule has 1 atom stereocenters. The third-order valence-corrected chi connectivity index (χ3v) is 3.81. The van der Waals surface area contributed by atoms with Crippen LogP contribution in [-0.4, -0.2) is 10.1 Å². The summed E-state index contributed by atoms with van der Waals surface area (Å²) in [5, 5.41) is 11.4. The van der Waals surface area contributed by atoms with Crippen LogP contribution in [-0.2, 0) is 0 Å². The van der Waals surface area contributed by atoms with Crippen molar-refractivity contribution in [1.29, 1.82) is 0 Å². The van der Waals surface area contributed by atoms with Gasteiger partial charge in [0.25, 0.3) is 0 Å². The molecule has 1 unspecified atom stereocenters. The van der Waals surface area contributed by atoms with E-state index < -0.39 is 0 Å². The second-order valence-corrected chi connectivity index (χ2v) is 5.36. The summed E-state index contributed by atoms with van der Waals surface area (Å²) in [6, 6.07) is 8.17. The zero-order valence-electron chi connectivity index (χ0n) is 11.9. The molecule has 0 bridgehead atoms. The highest BCUT2D eigenvalue weighted by Crippen LogP contribution is 2.27. The molecule has 2 N–H and O–H groups in total. The van der Waals surface area contributed by atoms with Gasteiger partial charge in [0.1, 0.15) is 0 Å². The number of aliphatic hydroxyl groups is 1. The predicted molar refractivity (Wildman–Crippen MR) is 81.3 cm³/mol. The maximum Gasteiger partial charge on any atom is 0.0810 e. The summed E-state index contributed by atoms with van der Waals surface area (Å²) in [5.41, 5.74) is 2.16. The smallest absolute Gasteiger partial charge is 0.0810 e. The van der Waals surface area contributed by atoms with Crippen molar-refractivity contribution in [2.75, 3.05) is 0 Å². The van der Waals surface area contributed by atoms with Crippen LogP contribution < -0.4 is 0 Å². The fraction of sp³-hybridized carbons (Fsp3) is 0.529. The van der Waals surface area contributed by atoms with E-state index in [9.17, 15) is 5.11 Å². The number of H-pyrrole nitrogens is 1. The number of aliphatic hydroxyl groups excluding tert-OH is 1. The Morgan fingerprint density at radius 1 is 1.05 bits per heavy atom. The Morgan fingerprint density at radius 2 is 1.79 bits per heavy atom. The average molecular weight is 259 g/mol. The molecule has 2 rings (SSSR count). The third kappa shape index (κ3) is 3.84. The minimum atomic E-state index is -0.331. The van der Waals surface area contributed by atoms with Crippen LogP contribution in [0.4, 0.5) is 0 Å². The molecular weight excluding hydrogens is 234 g/mol. The van der Waals surface area contributed by atoms with Gasteiger partial charge in [0.05, 0.1) is 6.10 Å². The van der Waals surface area contributed by atoms with Crippen LogP contribution >= 0.6 is 0 Å². The van der Waals surface area contributed by atoms with Gasteiger partial charge < -0.3 is 10.1 Å². The number of para-hydroxylation sites is 1. The predicted octanol–water partition coefficient (Wildman–Crippen LogP) is 4.95. The molecule has 104 valence electrons. The average Bonchev–Trinajstić information content (AvgIpc) is 2.86. The molecule has 1 aromatic heterocycles. The van der Waals surface area contributed by atoms with Crippen LogP contribution in [0.25, 0.3) is 10.9 Å². The molecule has 0 aliphatic carbocycles. The number of unbranched alkanes of at least 4 members (excludes halogenated alkanes) is 5. The topological polar surface area (TPSA) is 36.0 Å². The second kappa shape index (κ2) is 7.34. The van der Waals surface area contributed by atoms with Crippen LogP contribution in [0.1, 0.15) is 63.5 Å². The third-order valence-electron chi connectivity index (χ3n) is 3.81. The quantitative estimate of drug-likeness (QED) is 0.646. The summed E-state index contributed by atoms with van der Waals surface area (Å²) in [6.45, 7) is 2.24. The Labute approximate surface area is 115 Å². The molecule has 0 aliphatic rings. The lowest BCUT2D eigenvalue weighted by atomic mass is 10.0. The molecule has 0 spiro atoms. The zero-order valence-corrected chi connectivity index (χ0v) is 11.9. The van der Waals surface area contributed by atoms with Gasteiger partial charge in [-0.2, -0.15) is 0 Å². The largest absolute Gasteiger partial charge is 0.388 e. The summed E-state index contributed by atoms with van der Waals surface area (Å²) in [6.07, 6.45) is 10.1. The van der Waals surface area contributed by atoms with E-state index in [-0.39, 0.29) is 6.10 Å². The summed E-state index contributed by atoms with van der Waals surface area (Å²) < 4.78 is 0. The fourth-order valence-corrected chi connectivity index (χ4v) is 2.64. The lowest BCUT2D eigenvalue weighted by molar-refractivity contribution is 0.165. The Hall–Kier alpha value is -1.28. The van der Waals surface area contributed by atoms with Crippen molar-refractivity contribution < 1.29 is 5.11 Å². The van der Waals surface area contributed by atoms with Gasteiger partial charge in [-0.1, -0.05) is 63.6 Å². The molecule has 0 amide bonds. The molecule has 2 aromatic rings. The molecule has 19 heavy (non-hydrogen) atoms. The van der Waals surface area contributed by atoms with E-state index in [2.05, 4.69) is 24.0 Å². The van der Waals surface area contributed by atoms with Gasteiger partial charge in [0, 0.05) is 22.7 Å². The number of rotatable bonds is 8. The van der Waals surface area contributed by atoms with Crippen molar-refractivity contribution in [3.63, 3.8) is 0 Å². The zero-order chi connectivity index (χ0) is 13.5. The van der Waals surface area contributed by atoms with Gasteiger partial charge in [0.2, 0.25) is 0 Å². The Balaban J connectivity index is 1.81. The molecule has 0 fully saturated rings. The monoisotopic (exact) mass is 259 g/mol. The summed E-state index contributed by atoms with van der Waals surface area (Å²) >= 11 is 0. The first-order valence-corrected chi connectivity index (χ1v) is 7.57. The van der Waals surface area contributed by atoms with E-state index in [1.54, 1.807) is 0 Å². The van der Waals surface area contributed by atoms with Gasteiger partial charge in [-0.05, 0) is 12.5 Å². The standard InChI is InChI=1S/C17H25NO/c1-2-3-4-5-6-7-12-17(19)15-13-18-16-11-9-8-10-14(15)16/h8-11,13,17-19H,2-7,12H2,1H3. The maximum atomic E-state index is 10.3. The van der Waals surface area contributed by atoms with Crippen LogP contribution in [0.15, 0.2) is 30.5 Å². The first kappa shape index (κ1) is 14.1. The highest BCUT2D eigenvalue weighted by molar-refractivity contribution is 5.83. The number of fused-ring (bicyclic) bond motifs is 1. The Kier molecular flexibility index (Phi) is 5.46. The number of nitrogens with one attached hydrogen (secondary N) is 1. The van der Waals surface area contributed by atoms with Crippen molar-refractivity contribution in [2.24, 2.45) is 0 Å². The molecule has 0 radical (unpaired) electrons. The van der Waals surface area contributed by atoms with Crippen molar-refractivity contribution >= 4 is 10.9 Å². The molecular formula is C17H25NO. The van der Waals surface area contributed by atoms with Gasteiger partial charge >= 0.3 is 0 Å². The fourth-order valence-electron chi connectivity index (χ4n) is 2.64. The van der Waals surface area contributed by atoms with Crippen LogP contribution in [0.3, 0.4) is 0 Å². The minimum absolute atomic E-state index is 0.331. The number of hydrogen-bond donors (Lipinski definition) is 2. The normalized spacial score (nSPS) is 12.9. The molecule has 1 heterocycles. The molecule has 1 aromatic carbocycles.